The highest BCUT2D eigenvalue weighted by Gasteiger charge is 2.32. The van der Waals surface area contributed by atoms with E-state index < -0.39 is 29.6 Å². The molecule has 0 spiro atoms. The number of nitrogens with two attached hydrogens (primary N) is 1. The first kappa shape index (κ1) is 14.1. The lowest BCUT2D eigenvalue weighted by Gasteiger charge is -2.32. The topological polar surface area (TPSA) is 51.0 Å². The fraction of sp³-hybridized carbons (Fsp3) is 0.176. The minimum Gasteiger partial charge on any atom is -0.483 e. The van der Waals surface area contributed by atoms with Crippen LogP contribution in [0, 0.1) is 17.5 Å². The molecule has 118 valence electrons. The molecule has 3 nitrogen and oxygen atoms in total. The number of aromatic nitrogens is 1. The van der Waals surface area contributed by atoms with Gasteiger partial charge in [0, 0.05) is 28.7 Å². The van der Waals surface area contributed by atoms with Crippen molar-refractivity contribution >= 4 is 10.9 Å². The Kier molecular flexibility index (Phi) is 3.09. The second kappa shape index (κ2) is 5.03. The van der Waals surface area contributed by atoms with Crippen molar-refractivity contribution in [2.45, 2.75) is 18.6 Å². The van der Waals surface area contributed by atoms with Gasteiger partial charge in [0.15, 0.2) is 11.6 Å². The van der Waals surface area contributed by atoms with Crippen LogP contribution >= 0.6 is 0 Å². The maximum absolute atomic E-state index is 14.1. The molecule has 4 rings (SSSR count). The van der Waals surface area contributed by atoms with Crippen molar-refractivity contribution in [3.63, 3.8) is 0 Å². The molecule has 1 aromatic heterocycles. The van der Waals surface area contributed by atoms with Crippen LogP contribution in [-0.4, -0.2) is 11.0 Å². The van der Waals surface area contributed by atoms with Gasteiger partial charge in [-0.1, -0.05) is 6.07 Å². The molecule has 0 amide bonds. The van der Waals surface area contributed by atoms with E-state index in [0.717, 1.165) is 22.5 Å². The Balaban J connectivity index is 1.83. The summed E-state index contributed by atoms with van der Waals surface area (Å²) in [5, 5.41) is 0.849. The largest absolute Gasteiger partial charge is 0.483 e. The molecule has 0 saturated carbocycles. The molecule has 23 heavy (non-hydrogen) atoms. The third-order valence-corrected chi connectivity index (χ3v) is 4.20. The van der Waals surface area contributed by atoms with E-state index in [4.69, 9.17) is 10.5 Å². The number of rotatable bonds is 1. The molecule has 2 aromatic carbocycles. The molecule has 3 aromatic rings. The fourth-order valence-electron chi connectivity index (χ4n) is 3.08. The molecular weight excluding hydrogens is 305 g/mol. The van der Waals surface area contributed by atoms with Gasteiger partial charge in [-0.2, -0.15) is 0 Å². The normalized spacial score (nSPS) is 20.3. The molecule has 1 aliphatic rings. The Hall–Kier alpha value is -2.47. The van der Waals surface area contributed by atoms with Crippen LogP contribution in [0.4, 0.5) is 13.2 Å². The minimum absolute atomic E-state index is 0.0745. The van der Waals surface area contributed by atoms with Gasteiger partial charge in [-0.3, -0.25) is 0 Å². The van der Waals surface area contributed by atoms with Gasteiger partial charge >= 0.3 is 0 Å². The van der Waals surface area contributed by atoms with Crippen molar-refractivity contribution in [2.24, 2.45) is 5.73 Å². The number of H-pyrrole nitrogens is 1. The van der Waals surface area contributed by atoms with Crippen LogP contribution in [0.5, 0.6) is 5.75 Å². The lowest BCUT2D eigenvalue weighted by molar-refractivity contribution is 0.151. The number of hydrogen-bond donors (Lipinski definition) is 2. The molecule has 1 aliphatic heterocycles. The quantitative estimate of drug-likeness (QED) is 0.674. The van der Waals surface area contributed by atoms with Gasteiger partial charge in [0.2, 0.25) is 0 Å². The lowest BCUT2D eigenvalue weighted by atomic mass is 9.92. The molecular formula is C17H13F3N2O. The van der Waals surface area contributed by atoms with Crippen LogP contribution in [0.25, 0.3) is 10.9 Å². The second-order valence-electron chi connectivity index (χ2n) is 5.69. The summed E-state index contributed by atoms with van der Waals surface area (Å²) in [6.07, 6.45) is 1.35. The molecule has 0 bridgehead atoms. The average Bonchev–Trinajstić information content (AvgIpc) is 2.99. The molecule has 2 heterocycles. The Morgan fingerprint density at radius 1 is 1.04 bits per heavy atom. The average molecular weight is 318 g/mol. The summed E-state index contributed by atoms with van der Waals surface area (Å²) in [7, 11) is 0. The Morgan fingerprint density at radius 3 is 2.65 bits per heavy atom. The minimum atomic E-state index is -1.23. The van der Waals surface area contributed by atoms with Crippen LogP contribution < -0.4 is 10.5 Å². The van der Waals surface area contributed by atoms with Crippen LogP contribution in [-0.2, 0) is 6.42 Å². The van der Waals surface area contributed by atoms with Gasteiger partial charge in [0.25, 0.3) is 0 Å². The van der Waals surface area contributed by atoms with Crippen molar-refractivity contribution < 1.29 is 17.9 Å². The van der Waals surface area contributed by atoms with Crippen LogP contribution in [0.1, 0.15) is 17.2 Å². The molecule has 0 unspecified atom stereocenters. The summed E-state index contributed by atoms with van der Waals surface area (Å²) >= 11 is 0. The first-order chi connectivity index (χ1) is 11.0. The summed E-state index contributed by atoms with van der Waals surface area (Å²) in [6, 6.07) is 6.45. The first-order valence-electron chi connectivity index (χ1n) is 7.20. The molecule has 0 radical (unpaired) electrons. The monoisotopic (exact) mass is 318 g/mol. The Labute approximate surface area is 129 Å². The number of aromatic amines is 1. The summed E-state index contributed by atoms with van der Waals surface area (Å²) in [6.45, 7) is 0. The summed E-state index contributed by atoms with van der Waals surface area (Å²) in [5.74, 6) is -2.62. The number of benzene rings is 2. The van der Waals surface area contributed by atoms with E-state index in [1.54, 1.807) is 6.20 Å². The summed E-state index contributed by atoms with van der Waals surface area (Å²) in [4.78, 5) is 3.07. The van der Waals surface area contributed by atoms with Gasteiger partial charge in [0.1, 0.15) is 17.7 Å². The summed E-state index contributed by atoms with van der Waals surface area (Å²) in [5.41, 5.74) is 7.80. The highest BCUT2D eigenvalue weighted by molar-refractivity contribution is 5.87. The van der Waals surface area contributed by atoms with Crippen molar-refractivity contribution in [3.8, 4) is 5.75 Å². The van der Waals surface area contributed by atoms with Gasteiger partial charge in [-0.25, -0.2) is 13.2 Å². The van der Waals surface area contributed by atoms with Crippen LogP contribution in [0.2, 0.25) is 0 Å². The third kappa shape index (κ3) is 2.17. The highest BCUT2D eigenvalue weighted by Crippen LogP contribution is 2.40. The maximum Gasteiger partial charge on any atom is 0.161 e. The van der Waals surface area contributed by atoms with Crippen molar-refractivity contribution in [2.75, 3.05) is 0 Å². The Bertz CT molecular complexity index is 906. The van der Waals surface area contributed by atoms with E-state index in [0.29, 0.717) is 18.2 Å². The molecule has 0 saturated heterocycles. The molecule has 3 N–H and O–H groups in total. The maximum atomic E-state index is 14.1. The third-order valence-electron chi connectivity index (χ3n) is 4.20. The molecule has 6 heteroatoms. The molecule has 0 fully saturated rings. The number of fused-ring (bicyclic) bond motifs is 3. The van der Waals surface area contributed by atoms with Crippen molar-refractivity contribution in [1.29, 1.82) is 0 Å². The van der Waals surface area contributed by atoms with E-state index >= 15 is 0 Å². The van der Waals surface area contributed by atoms with Crippen LogP contribution in [0.15, 0.2) is 36.5 Å². The Morgan fingerprint density at radius 2 is 1.83 bits per heavy atom. The van der Waals surface area contributed by atoms with E-state index in [2.05, 4.69) is 4.98 Å². The lowest BCUT2D eigenvalue weighted by Crippen LogP contribution is -2.38. The number of halogens is 3. The van der Waals surface area contributed by atoms with Crippen molar-refractivity contribution in [1.82, 2.24) is 4.98 Å². The van der Waals surface area contributed by atoms with E-state index in [-0.39, 0.29) is 5.56 Å². The van der Waals surface area contributed by atoms with E-state index in [1.165, 1.54) is 0 Å². The SMILES string of the molecule is N[C@@H]1Cc2ccc3[nH]ccc3c2O[C@H]1c1cc(F)c(F)cc1F. The fourth-order valence-corrected chi connectivity index (χ4v) is 3.08. The van der Waals surface area contributed by atoms with Gasteiger partial charge in [-0.15, -0.1) is 0 Å². The number of ether oxygens (including phenoxy) is 1. The predicted molar refractivity (Wildman–Crippen MR) is 79.7 cm³/mol. The van der Waals surface area contributed by atoms with E-state index in [9.17, 15) is 13.2 Å². The number of hydrogen-bond acceptors (Lipinski definition) is 2. The predicted octanol–water partition coefficient (Wildman–Crippen LogP) is 3.59. The van der Waals surface area contributed by atoms with Gasteiger partial charge in [0.05, 0.1) is 6.04 Å². The molecule has 2 atom stereocenters. The zero-order valence-electron chi connectivity index (χ0n) is 11.9. The smallest absolute Gasteiger partial charge is 0.161 e. The van der Waals surface area contributed by atoms with Crippen LogP contribution in [0.3, 0.4) is 0 Å². The number of nitrogens with one attached hydrogen (secondary N) is 1. The highest BCUT2D eigenvalue weighted by atomic mass is 19.2. The summed E-state index contributed by atoms with van der Waals surface area (Å²) < 4.78 is 46.6. The zero-order valence-corrected chi connectivity index (χ0v) is 11.9. The molecule has 0 aliphatic carbocycles. The standard InChI is InChI=1S/C17H13F3N2O/c18-11-7-13(20)12(19)6-10(11)17-14(21)5-8-1-2-15-9(3-4-22-15)16(8)23-17/h1-4,6-7,14,17,22H,5,21H2/t14-,17+/m1/s1. The van der Waals surface area contributed by atoms with Crippen molar-refractivity contribution in [3.05, 3.63) is 65.1 Å². The zero-order chi connectivity index (χ0) is 16.1. The van der Waals surface area contributed by atoms with E-state index in [1.807, 2.05) is 18.2 Å². The first-order valence-corrected chi connectivity index (χ1v) is 7.20. The second-order valence-corrected chi connectivity index (χ2v) is 5.69. The van der Waals surface area contributed by atoms with Gasteiger partial charge < -0.3 is 15.5 Å². The van der Waals surface area contributed by atoms with Gasteiger partial charge in [-0.05, 0) is 30.2 Å².